The van der Waals surface area contributed by atoms with Crippen LogP contribution in [0, 0.1) is 5.82 Å². The first kappa shape index (κ1) is 13.6. The number of hydrogen-bond acceptors (Lipinski definition) is 2. The van der Waals surface area contributed by atoms with Crippen molar-refractivity contribution >= 4 is 24.8 Å². The lowest BCUT2D eigenvalue weighted by atomic mass is 10.0. The van der Waals surface area contributed by atoms with Gasteiger partial charge in [-0.1, -0.05) is 0 Å². The fourth-order valence-corrected chi connectivity index (χ4v) is 1.41. The Hall–Kier alpha value is -0.380. The Morgan fingerprint density at radius 1 is 1.36 bits per heavy atom. The maximum atomic E-state index is 12.5. The van der Waals surface area contributed by atoms with Gasteiger partial charge in [-0.15, -0.1) is 24.8 Å². The van der Waals surface area contributed by atoms with Crippen LogP contribution in [-0.4, -0.2) is 11.5 Å². The molecule has 1 aromatic heterocycles. The summed E-state index contributed by atoms with van der Waals surface area (Å²) in [5.74, 6) is -0.286. The van der Waals surface area contributed by atoms with E-state index in [2.05, 4.69) is 4.98 Å². The maximum Gasteiger partial charge on any atom is 0.141 e. The average molecular weight is 239 g/mol. The summed E-state index contributed by atoms with van der Waals surface area (Å²) in [7, 11) is 0. The molecule has 0 spiro atoms. The highest BCUT2D eigenvalue weighted by molar-refractivity contribution is 5.85. The highest BCUT2D eigenvalue weighted by Crippen LogP contribution is 2.46. The summed E-state index contributed by atoms with van der Waals surface area (Å²) in [6.07, 6.45) is 3.43. The van der Waals surface area contributed by atoms with Crippen molar-refractivity contribution in [1.29, 1.82) is 0 Å². The molecule has 2 rings (SSSR count). The van der Waals surface area contributed by atoms with Crippen molar-refractivity contribution in [2.24, 2.45) is 5.73 Å². The van der Waals surface area contributed by atoms with Crippen LogP contribution in [0.15, 0.2) is 18.3 Å². The van der Waals surface area contributed by atoms with Gasteiger partial charge in [0.25, 0.3) is 0 Å². The topological polar surface area (TPSA) is 38.9 Å². The zero-order valence-electron chi connectivity index (χ0n) is 7.57. The third-order valence-electron chi connectivity index (χ3n) is 2.52. The molecule has 1 fully saturated rings. The Morgan fingerprint density at radius 2 is 2.00 bits per heavy atom. The van der Waals surface area contributed by atoms with Crippen LogP contribution in [0.4, 0.5) is 4.39 Å². The van der Waals surface area contributed by atoms with Gasteiger partial charge in [-0.3, -0.25) is 4.98 Å². The molecule has 2 N–H and O–H groups in total. The van der Waals surface area contributed by atoms with E-state index in [0.29, 0.717) is 6.54 Å². The number of aromatic nitrogens is 1. The van der Waals surface area contributed by atoms with Crippen LogP contribution in [-0.2, 0) is 5.41 Å². The van der Waals surface area contributed by atoms with E-state index in [1.165, 1.54) is 12.3 Å². The molecule has 0 unspecified atom stereocenters. The second-order valence-electron chi connectivity index (χ2n) is 3.35. The Morgan fingerprint density at radius 3 is 2.36 bits per heavy atom. The van der Waals surface area contributed by atoms with Crippen LogP contribution < -0.4 is 5.73 Å². The minimum absolute atomic E-state index is 0. The van der Waals surface area contributed by atoms with Crippen molar-refractivity contribution in [1.82, 2.24) is 4.98 Å². The number of rotatable bonds is 2. The van der Waals surface area contributed by atoms with Crippen molar-refractivity contribution in [2.45, 2.75) is 18.3 Å². The molecule has 0 amide bonds. The van der Waals surface area contributed by atoms with Crippen LogP contribution in [0.2, 0.25) is 0 Å². The molecule has 0 saturated heterocycles. The lowest BCUT2D eigenvalue weighted by Crippen LogP contribution is -2.20. The van der Waals surface area contributed by atoms with E-state index in [9.17, 15) is 4.39 Å². The fraction of sp³-hybridized carbons (Fsp3) is 0.444. The monoisotopic (exact) mass is 238 g/mol. The molecule has 1 heterocycles. The molecule has 0 bridgehead atoms. The minimum Gasteiger partial charge on any atom is -0.330 e. The Balaban J connectivity index is 0.000000845. The molecule has 80 valence electrons. The minimum atomic E-state index is -0.286. The van der Waals surface area contributed by atoms with Crippen LogP contribution in [0.25, 0.3) is 0 Å². The van der Waals surface area contributed by atoms with E-state index in [1.54, 1.807) is 6.07 Å². The Labute approximate surface area is 94.9 Å². The number of pyridine rings is 1. The summed E-state index contributed by atoms with van der Waals surface area (Å²) in [6.45, 7) is 0.617. The van der Waals surface area contributed by atoms with Gasteiger partial charge in [0.2, 0.25) is 0 Å². The van der Waals surface area contributed by atoms with Crippen molar-refractivity contribution in [3.63, 3.8) is 0 Å². The van der Waals surface area contributed by atoms with Gasteiger partial charge in [-0.2, -0.15) is 0 Å². The van der Waals surface area contributed by atoms with Crippen LogP contribution >= 0.6 is 24.8 Å². The van der Waals surface area contributed by atoms with E-state index < -0.39 is 0 Å². The first-order valence-corrected chi connectivity index (χ1v) is 4.09. The predicted molar refractivity (Wildman–Crippen MR) is 58.7 cm³/mol. The maximum absolute atomic E-state index is 12.5. The van der Waals surface area contributed by atoms with E-state index in [0.717, 1.165) is 18.5 Å². The molecule has 0 atom stereocenters. The fourth-order valence-electron chi connectivity index (χ4n) is 1.41. The molecule has 0 aromatic carbocycles. The highest BCUT2D eigenvalue weighted by Gasteiger charge is 2.44. The molecule has 0 radical (unpaired) electrons. The van der Waals surface area contributed by atoms with Crippen LogP contribution in [0.5, 0.6) is 0 Å². The predicted octanol–water partition coefficient (Wildman–Crippen LogP) is 2.05. The van der Waals surface area contributed by atoms with Crippen molar-refractivity contribution in [2.75, 3.05) is 6.54 Å². The Bertz CT molecular complexity index is 285. The second kappa shape index (κ2) is 4.91. The van der Waals surface area contributed by atoms with E-state index in [1.807, 2.05) is 0 Å². The lowest BCUT2D eigenvalue weighted by molar-refractivity contribution is 0.609. The van der Waals surface area contributed by atoms with E-state index >= 15 is 0 Å². The van der Waals surface area contributed by atoms with Gasteiger partial charge in [0, 0.05) is 17.7 Å². The number of nitrogens with zero attached hydrogens (tertiary/aromatic N) is 1. The van der Waals surface area contributed by atoms with Gasteiger partial charge in [0.15, 0.2) is 0 Å². The molecule has 14 heavy (non-hydrogen) atoms. The standard InChI is InChI=1S/C9H11FN2.2ClH/c10-7-1-2-8(12-5-7)9(6-11)3-4-9;;/h1-2,5H,3-4,6,11H2;2*1H. The quantitative estimate of drug-likeness (QED) is 0.857. The molecule has 2 nitrogen and oxygen atoms in total. The smallest absolute Gasteiger partial charge is 0.141 e. The highest BCUT2D eigenvalue weighted by atomic mass is 35.5. The summed E-state index contributed by atoms with van der Waals surface area (Å²) >= 11 is 0. The lowest BCUT2D eigenvalue weighted by Gasteiger charge is -2.10. The van der Waals surface area contributed by atoms with Crippen molar-refractivity contribution in [3.05, 3.63) is 29.8 Å². The first-order chi connectivity index (χ1) is 5.77. The number of hydrogen-bond donors (Lipinski definition) is 1. The second-order valence-corrected chi connectivity index (χ2v) is 3.35. The van der Waals surface area contributed by atoms with Gasteiger partial charge in [-0.05, 0) is 25.0 Å². The van der Waals surface area contributed by atoms with Crippen molar-refractivity contribution < 1.29 is 4.39 Å². The average Bonchev–Trinajstić information content (AvgIpc) is 2.86. The summed E-state index contributed by atoms with van der Waals surface area (Å²) < 4.78 is 12.5. The number of halogens is 3. The van der Waals surface area contributed by atoms with Gasteiger partial charge in [0.05, 0.1) is 6.20 Å². The van der Waals surface area contributed by atoms with Crippen LogP contribution in [0.3, 0.4) is 0 Å². The molecular weight excluding hydrogens is 226 g/mol. The molecule has 1 aliphatic rings. The Kier molecular flexibility index (Phi) is 4.78. The zero-order valence-corrected chi connectivity index (χ0v) is 9.21. The summed E-state index contributed by atoms with van der Waals surface area (Å²) in [5.41, 5.74) is 6.62. The summed E-state index contributed by atoms with van der Waals surface area (Å²) in [4.78, 5) is 4.03. The molecular formula is C9H13Cl2FN2. The third-order valence-corrected chi connectivity index (χ3v) is 2.52. The van der Waals surface area contributed by atoms with E-state index in [4.69, 9.17) is 5.73 Å². The van der Waals surface area contributed by atoms with Crippen molar-refractivity contribution in [3.8, 4) is 0 Å². The van der Waals surface area contributed by atoms with Gasteiger partial charge in [0.1, 0.15) is 5.82 Å². The van der Waals surface area contributed by atoms with Gasteiger partial charge < -0.3 is 5.73 Å². The SMILES string of the molecule is Cl.Cl.NCC1(c2ccc(F)cn2)CC1. The summed E-state index contributed by atoms with van der Waals surface area (Å²) in [5, 5.41) is 0. The normalized spacial score (nSPS) is 16.4. The van der Waals surface area contributed by atoms with E-state index in [-0.39, 0.29) is 36.0 Å². The molecule has 1 aliphatic carbocycles. The third kappa shape index (κ3) is 2.35. The van der Waals surface area contributed by atoms with Gasteiger partial charge >= 0.3 is 0 Å². The molecule has 0 aliphatic heterocycles. The molecule has 1 saturated carbocycles. The molecule has 1 aromatic rings. The number of nitrogens with two attached hydrogens (primary N) is 1. The first-order valence-electron chi connectivity index (χ1n) is 4.09. The summed E-state index contributed by atoms with van der Waals surface area (Å²) in [6, 6.07) is 3.17. The van der Waals surface area contributed by atoms with Gasteiger partial charge in [-0.25, -0.2) is 4.39 Å². The largest absolute Gasteiger partial charge is 0.330 e. The zero-order chi connectivity index (χ0) is 8.60. The van der Waals surface area contributed by atoms with Crippen LogP contribution in [0.1, 0.15) is 18.5 Å². The molecule has 5 heteroatoms.